The molecule has 0 radical (unpaired) electrons. The number of nitro groups is 1. The number of hydrazone groups is 1. The van der Waals surface area contributed by atoms with Gasteiger partial charge in [-0.25, -0.2) is 5.01 Å². The number of carbonyl (C=O) groups is 1. The Bertz CT molecular complexity index is 1070. The van der Waals surface area contributed by atoms with Gasteiger partial charge in [-0.2, -0.15) is 5.10 Å². The molecule has 0 N–H and O–H groups in total. The van der Waals surface area contributed by atoms with Gasteiger partial charge in [0, 0.05) is 12.5 Å². The second-order valence-corrected chi connectivity index (χ2v) is 6.38. The van der Waals surface area contributed by atoms with Crippen molar-refractivity contribution in [2.45, 2.75) is 12.5 Å². The molecule has 1 aliphatic rings. The van der Waals surface area contributed by atoms with Gasteiger partial charge in [-0.3, -0.25) is 14.9 Å². The molecule has 0 saturated carbocycles. The molecule has 0 bridgehead atoms. The highest BCUT2D eigenvalue weighted by atomic mass is 16.6. The molecule has 1 amide bonds. The van der Waals surface area contributed by atoms with Crippen molar-refractivity contribution in [1.82, 2.24) is 5.01 Å². The molecule has 10 heteroatoms. The number of amides is 1. The Morgan fingerprint density at radius 2 is 2.03 bits per heavy atom. The number of furan rings is 2. The van der Waals surface area contributed by atoms with Gasteiger partial charge in [-0.05, 0) is 30.3 Å². The second kappa shape index (κ2) is 8.11. The average molecular weight is 411 g/mol. The molecule has 3 heterocycles. The smallest absolute Gasteiger partial charge is 0.281 e. The van der Waals surface area contributed by atoms with Crippen LogP contribution in [0.3, 0.4) is 0 Å². The fourth-order valence-corrected chi connectivity index (χ4v) is 3.13. The second-order valence-electron chi connectivity index (χ2n) is 6.38. The third-order valence-corrected chi connectivity index (χ3v) is 4.55. The normalized spacial score (nSPS) is 15.7. The molecule has 2 aromatic heterocycles. The molecule has 154 valence electrons. The van der Waals surface area contributed by atoms with Gasteiger partial charge < -0.3 is 18.3 Å². The van der Waals surface area contributed by atoms with Gasteiger partial charge >= 0.3 is 0 Å². The van der Waals surface area contributed by atoms with Crippen LogP contribution < -0.4 is 9.47 Å². The summed E-state index contributed by atoms with van der Waals surface area (Å²) < 4.78 is 21.6. The molecule has 1 aliphatic heterocycles. The summed E-state index contributed by atoms with van der Waals surface area (Å²) >= 11 is 0. The van der Waals surface area contributed by atoms with Gasteiger partial charge in [-0.15, -0.1) is 0 Å². The molecule has 4 rings (SSSR count). The monoisotopic (exact) mass is 411 g/mol. The van der Waals surface area contributed by atoms with Crippen LogP contribution in [0.25, 0.3) is 0 Å². The highest BCUT2D eigenvalue weighted by Gasteiger charge is 2.36. The lowest BCUT2D eigenvalue weighted by Crippen LogP contribution is -2.31. The van der Waals surface area contributed by atoms with E-state index in [-0.39, 0.29) is 23.8 Å². The maximum Gasteiger partial charge on any atom is 0.281 e. The predicted octanol–water partition coefficient (Wildman–Crippen LogP) is 3.55. The van der Waals surface area contributed by atoms with Crippen LogP contribution in [-0.4, -0.2) is 35.3 Å². The standard InChI is InChI=1S/C20H17N3O7/c1-27-19-10-13(23(25)26)6-7-18(19)30-12-20(24)22-15(17-5-3-9-29-17)11-14(21-22)16-4-2-8-28-16/h2-10,15H,11-12H2,1H3. The highest BCUT2D eigenvalue weighted by Crippen LogP contribution is 2.34. The Balaban J connectivity index is 1.53. The SMILES string of the molecule is COc1cc([N+](=O)[O-])ccc1OCC(=O)N1N=C(c2ccco2)CC1c1ccco1. The Hall–Kier alpha value is -4.08. The van der Waals surface area contributed by atoms with E-state index in [9.17, 15) is 14.9 Å². The van der Waals surface area contributed by atoms with Crippen LogP contribution in [0.15, 0.2) is 68.9 Å². The zero-order valence-corrected chi connectivity index (χ0v) is 15.9. The first kappa shape index (κ1) is 19.2. The number of ether oxygens (including phenoxy) is 2. The summed E-state index contributed by atoms with van der Waals surface area (Å²) in [5.74, 6) is 1.10. The molecule has 30 heavy (non-hydrogen) atoms. The fourth-order valence-electron chi connectivity index (χ4n) is 3.13. The van der Waals surface area contributed by atoms with Gasteiger partial charge in [0.1, 0.15) is 23.3 Å². The van der Waals surface area contributed by atoms with Gasteiger partial charge in [0.15, 0.2) is 18.1 Å². The summed E-state index contributed by atoms with van der Waals surface area (Å²) in [5.41, 5.74) is 0.471. The predicted molar refractivity (Wildman–Crippen MR) is 103 cm³/mol. The summed E-state index contributed by atoms with van der Waals surface area (Å²) in [4.78, 5) is 23.3. The van der Waals surface area contributed by atoms with E-state index in [0.717, 1.165) is 0 Å². The van der Waals surface area contributed by atoms with Gasteiger partial charge in [0.05, 0.1) is 30.6 Å². The minimum Gasteiger partial charge on any atom is -0.493 e. The Labute approximate surface area is 170 Å². The lowest BCUT2D eigenvalue weighted by atomic mass is 10.1. The molecule has 0 aliphatic carbocycles. The van der Waals surface area contributed by atoms with Crippen molar-refractivity contribution in [2.24, 2.45) is 5.10 Å². The molecular weight excluding hydrogens is 394 g/mol. The minimum atomic E-state index is -0.541. The van der Waals surface area contributed by atoms with Crippen molar-refractivity contribution >= 4 is 17.3 Å². The third kappa shape index (κ3) is 3.75. The van der Waals surface area contributed by atoms with Crippen molar-refractivity contribution in [1.29, 1.82) is 0 Å². The molecule has 0 spiro atoms. The van der Waals surface area contributed by atoms with Crippen LogP contribution in [0.1, 0.15) is 24.0 Å². The van der Waals surface area contributed by atoms with Crippen molar-refractivity contribution < 1.29 is 28.0 Å². The zero-order chi connectivity index (χ0) is 21.1. The minimum absolute atomic E-state index is 0.143. The molecular formula is C20H17N3O7. The number of carbonyl (C=O) groups excluding carboxylic acids is 1. The average Bonchev–Trinajstić information content (AvgIpc) is 3.51. The number of rotatable bonds is 7. The largest absolute Gasteiger partial charge is 0.493 e. The number of non-ortho nitro benzene ring substituents is 1. The highest BCUT2D eigenvalue weighted by molar-refractivity contribution is 6.01. The van der Waals surface area contributed by atoms with E-state index in [2.05, 4.69) is 5.10 Å². The van der Waals surface area contributed by atoms with Crippen LogP contribution in [0.4, 0.5) is 5.69 Å². The maximum atomic E-state index is 12.9. The topological polar surface area (TPSA) is 121 Å². The van der Waals surface area contributed by atoms with E-state index in [1.165, 1.54) is 42.8 Å². The van der Waals surface area contributed by atoms with E-state index >= 15 is 0 Å². The van der Waals surface area contributed by atoms with Gasteiger partial charge in [-0.1, -0.05) is 0 Å². The summed E-state index contributed by atoms with van der Waals surface area (Å²) in [6, 6.07) is 10.5. The van der Waals surface area contributed by atoms with E-state index in [1.807, 2.05) is 0 Å². The Morgan fingerprint density at radius 1 is 1.23 bits per heavy atom. The molecule has 0 saturated heterocycles. The first-order valence-corrected chi connectivity index (χ1v) is 8.99. The van der Waals surface area contributed by atoms with Crippen LogP contribution in [0.2, 0.25) is 0 Å². The lowest BCUT2D eigenvalue weighted by Gasteiger charge is -2.20. The molecule has 1 unspecified atom stereocenters. The number of benzene rings is 1. The summed E-state index contributed by atoms with van der Waals surface area (Å²) in [6.45, 7) is -0.347. The van der Waals surface area contributed by atoms with Gasteiger partial charge in [0.2, 0.25) is 0 Å². The molecule has 10 nitrogen and oxygen atoms in total. The fraction of sp³-hybridized carbons (Fsp3) is 0.200. The molecule has 0 fully saturated rings. The summed E-state index contributed by atoms with van der Waals surface area (Å²) in [5, 5.41) is 16.6. The van der Waals surface area contributed by atoms with Crippen molar-refractivity contribution in [3.8, 4) is 11.5 Å². The molecule has 1 atom stereocenters. The van der Waals surface area contributed by atoms with E-state index in [4.69, 9.17) is 18.3 Å². The van der Waals surface area contributed by atoms with Gasteiger partial charge in [0.25, 0.3) is 11.6 Å². The lowest BCUT2D eigenvalue weighted by molar-refractivity contribution is -0.384. The van der Waals surface area contributed by atoms with E-state index in [0.29, 0.717) is 23.7 Å². The van der Waals surface area contributed by atoms with Crippen molar-refractivity contribution in [2.75, 3.05) is 13.7 Å². The van der Waals surface area contributed by atoms with Crippen LogP contribution in [0, 0.1) is 10.1 Å². The van der Waals surface area contributed by atoms with E-state index in [1.54, 1.807) is 24.3 Å². The number of hydrogen-bond acceptors (Lipinski definition) is 8. The summed E-state index contributed by atoms with van der Waals surface area (Å²) in [7, 11) is 1.36. The Kier molecular flexibility index (Phi) is 5.21. The summed E-state index contributed by atoms with van der Waals surface area (Å²) in [6.07, 6.45) is 3.49. The van der Waals surface area contributed by atoms with Crippen LogP contribution in [0.5, 0.6) is 11.5 Å². The van der Waals surface area contributed by atoms with E-state index < -0.39 is 16.9 Å². The van der Waals surface area contributed by atoms with Crippen LogP contribution in [-0.2, 0) is 4.79 Å². The number of nitro benzene ring substituents is 1. The third-order valence-electron chi connectivity index (χ3n) is 4.55. The number of hydrogen-bond donors (Lipinski definition) is 0. The number of methoxy groups -OCH3 is 1. The maximum absolute atomic E-state index is 12.9. The quantitative estimate of drug-likeness (QED) is 0.430. The van der Waals surface area contributed by atoms with Crippen molar-refractivity contribution in [3.05, 3.63) is 76.6 Å². The molecule has 3 aromatic rings. The first-order chi connectivity index (χ1) is 14.6. The zero-order valence-electron chi connectivity index (χ0n) is 15.9. The Morgan fingerprint density at radius 3 is 2.70 bits per heavy atom. The number of nitrogens with zero attached hydrogens (tertiary/aromatic N) is 3. The van der Waals surface area contributed by atoms with Crippen molar-refractivity contribution in [3.63, 3.8) is 0 Å². The first-order valence-electron chi connectivity index (χ1n) is 8.99. The van der Waals surface area contributed by atoms with Crippen LogP contribution >= 0.6 is 0 Å². The molecule has 1 aromatic carbocycles.